The molecule has 0 spiro atoms. The molecule has 0 fully saturated rings. The summed E-state index contributed by atoms with van der Waals surface area (Å²) >= 11 is 0. The third kappa shape index (κ3) is 5.30. The minimum absolute atomic E-state index is 0.468. The number of anilines is 3. The van der Waals surface area contributed by atoms with Gasteiger partial charge < -0.3 is 13.7 Å². The summed E-state index contributed by atoms with van der Waals surface area (Å²) in [6.45, 7) is 0. The molecule has 9 aromatic carbocycles. The maximum atomic E-state index is 6.37. The number of fused-ring (bicyclic) bond motifs is 7. The Kier molecular flexibility index (Phi) is 7.76. The lowest BCUT2D eigenvalue weighted by molar-refractivity contribution is 0.631. The zero-order valence-electron chi connectivity index (χ0n) is 32.6. The molecule has 1 aliphatic rings. The van der Waals surface area contributed by atoms with Gasteiger partial charge in [-0.05, 0) is 111 Å². The third-order valence-corrected chi connectivity index (χ3v) is 12.4. The normalized spacial score (nSPS) is 12.8. The van der Waals surface area contributed by atoms with Gasteiger partial charge in [0.15, 0.2) is 0 Å². The van der Waals surface area contributed by atoms with E-state index in [2.05, 4.69) is 199 Å². The SMILES string of the molecule is c1ccc(-c2cc3cc(N(c4ccc(-c5ccc6oc7ccccc7c6c5)cc4)c4ccc(C5(c6ccccc6)c6ccccc6-c6ccccc65)cc4)ccc3o2)cc1. The average molecular weight is 768 g/mol. The van der Waals surface area contributed by atoms with E-state index in [1.807, 2.05) is 30.3 Å². The largest absolute Gasteiger partial charge is 0.456 e. The van der Waals surface area contributed by atoms with Crippen LogP contribution in [0.25, 0.3) is 66.5 Å². The summed E-state index contributed by atoms with van der Waals surface area (Å²) in [6.07, 6.45) is 0. The summed E-state index contributed by atoms with van der Waals surface area (Å²) in [5.41, 5.74) is 16.4. The van der Waals surface area contributed by atoms with Crippen LogP contribution in [0.3, 0.4) is 0 Å². The second-order valence-corrected chi connectivity index (χ2v) is 15.6. The van der Waals surface area contributed by atoms with E-state index in [-0.39, 0.29) is 0 Å². The number of hydrogen-bond acceptors (Lipinski definition) is 3. The molecular formula is C57H37NO2. The van der Waals surface area contributed by atoms with E-state index >= 15 is 0 Å². The van der Waals surface area contributed by atoms with Crippen LogP contribution in [-0.4, -0.2) is 0 Å². The molecule has 3 heteroatoms. The van der Waals surface area contributed by atoms with Crippen molar-refractivity contribution in [1.29, 1.82) is 0 Å². The van der Waals surface area contributed by atoms with Gasteiger partial charge in [-0.15, -0.1) is 0 Å². The molecule has 11 aromatic rings. The van der Waals surface area contributed by atoms with Crippen molar-refractivity contribution < 1.29 is 8.83 Å². The number of hydrogen-bond donors (Lipinski definition) is 0. The molecule has 282 valence electrons. The van der Waals surface area contributed by atoms with Gasteiger partial charge in [0.25, 0.3) is 0 Å². The summed E-state index contributed by atoms with van der Waals surface area (Å²) in [5, 5.41) is 3.30. The topological polar surface area (TPSA) is 29.5 Å². The first kappa shape index (κ1) is 34.2. The first-order valence-electron chi connectivity index (χ1n) is 20.5. The van der Waals surface area contributed by atoms with E-state index in [1.165, 1.54) is 33.4 Å². The molecule has 0 atom stereocenters. The van der Waals surface area contributed by atoms with Crippen LogP contribution in [0.1, 0.15) is 22.3 Å². The van der Waals surface area contributed by atoms with E-state index in [9.17, 15) is 0 Å². The second kappa shape index (κ2) is 13.6. The van der Waals surface area contributed by atoms with Gasteiger partial charge >= 0.3 is 0 Å². The van der Waals surface area contributed by atoms with Crippen LogP contribution in [0.15, 0.2) is 233 Å². The molecule has 0 unspecified atom stereocenters. The Balaban J connectivity index is 0.996. The molecule has 2 heterocycles. The van der Waals surface area contributed by atoms with Crippen LogP contribution >= 0.6 is 0 Å². The molecule has 0 bridgehead atoms. The monoisotopic (exact) mass is 767 g/mol. The molecule has 0 N–H and O–H groups in total. The van der Waals surface area contributed by atoms with Crippen molar-refractivity contribution in [2.75, 3.05) is 4.90 Å². The van der Waals surface area contributed by atoms with E-state index in [1.54, 1.807) is 0 Å². The Bertz CT molecular complexity index is 3310. The van der Waals surface area contributed by atoms with Crippen molar-refractivity contribution in [2.45, 2.75) is 5.41 Å². The minimum atomic E-state index is -0.468. The molecule has 0 saturated carbocycles. The smallest absolute Gasteiger partial charge is 0.135 e. The maximum absolute atomic E-state index is 6.37. The Labute approximate surface area is 348 Å². The molecule has 1 aliphatic carbocycles. The van der Waals surface area contributed by atoms with E-state index in [0.717, 1.165) is 72.4 Å². The van der Waals surface area contributed by atoms with E-state index in [0.29, 0.717) is 0 Å². The number of benzene rings is 9. The molecule has 2 aromatic heterocycles. The van der Waals surface area contributed by atoms with Crippen LogP contribution in [0.2, 0.25) is 0 Å². The van der Waals surface area contributed by atoms with Crippen molar-refractivity contribution in [3.8, 4) is 33.6 Å². The highest BCUT2D eigenvalue weighted by Crippen LogP contribution is 2.56. The van der Waals surface area contributed by atoms with Gasteiger partial charge in [-0.2, -0.15) is 0 Å². The van der Waals surface area contributed by atoms with Gasteiger partial charge in [-0.1, -0.05) is 158 Å². The number of rotatable bonds is 7. The molecular weight excluding hydrogens is 731 g/mol. The average Bonchev–Trinajstić information content (AvgIpc) is 4.01. The first-order valence-corrected chi connectivity index (χ1v) is 20.5. The second-order valence-electron chi connectivity index (χ2n) is 15.6. The van der Waals surface area contributed by atoms with Gasteiger partial charge in [0.05, 0.1) is 5.41 Å². The van der Waals surface area contributed by atoms with Gasteiger partial charge in [0, 0.05) is 38.8 Å². The highest BCUT2D eigenvalue weighted by Gasteiger charge is 2.45. The molecule has 60 heavy (non-hydrogen) atoms. The molecule has 3 nitrogen and oxygen atoms in total. The van der Waals surface area contributed by atoms with Gasteiger partial charge in [-0.3, -0.25) is 0 Å². The number of para-hydroxylation sites is 1. The zero-order valence-corrected chi connectivity index (χ0v) is 32.6. The van der Waals surface area contributed by atoms with Crippen molar-refractivity contribution in [3.63, 3.8) is 0 Å². The van der Waals surface area contributed by atoms with Crippen LogP contribution in [0.4, 0.5) is 17.1 Å². The Morgan fingerprint density at radius 2 is 0.883 bits per heavy atom. The van der Waals surface area contributed by atoms with Crippen LogP contribution in [0.5, 0.6) is 0 Å². The summed E-state index contributed by atoms with van der Waals surface area (Å²) in [4.78, 5) is 2.35. The van der Waals surface area contributed by atoms with Crippen LogP contribution in [0, 0.1) is 0 Å². The lowest BCUT2D eigenvalue weighted by Crippen LogP contribution is -2.28. The molecule has 0 saturated heterocycles. The van der Waals surface area contributed by atoms with E-state index in [4.69, 9.17) is 8.83 Å². The quantitative estimate of drug-likeness (QED) is 0.162. The van der Waals surface area contributed by atoms with Crippen LogP contribution in [-0.2, 0) is 5.41 Å². The minimum Gasteiger partial charge on any atom is -0.456 e. The predicted molar refractivity (Wildman–Crippen MR) is 246 cm³/mol. The van der Waals surface area contributed by atoms with E-state index < -0.39 is 5.41 Å². The highest BCUT2D eigenvalue weighted by molar-refractivity contribution is 6.06. The first-order chi connectivity index (χ1) is 29.7. The lowest BCUT2D eigenvalue weighted by Gasteiger charge is -2.34. The Morgan fingerprint density at radius 3 is 1.62 bits per heavy atom. The summed E-state index contributed by atoms with van der Waals surface area (Å²) in [5.74, 6) is 0.855. The molecule has 0 aliphatic heterocycles. The Hall–Kier alpha value is -7.88. The van der Waals surface area contributed by atoms with Crippen molar-refractivity contribution in [2.24, 2.45) is 0 Å². The van der Waals surface area contributed by atoms with Crippen molar-refractivity contribution in [1.82, 2.24) is 0 Å². The van der Waals surface area contributed by atoms with Gasteiger partial charge in [-0.25, -0.2) is 0 Å². The summed E-state index contributed by atoms with van der Waals surface area (Å²) in [6, 6.07) is 80.5. The summed E-state index contributed by atoms with van der Waals surface area (Å²) in [7, 11) is 0. The van der Waals surface area contributed by atoms with Gasteiger partial charge in [0.2, 0.25) is 0 Å². The van der Waals surface area contributed by atoms with Crippen molar-refractivity contribution in [3.05, 3.63) is 247 Å². The fraction of sp³-hybridized carbons (Fsp3) is 0.0175. The standard InChI is InChI=1S/C57H37NO2/c1-3-13-39(14-4-1)56-37-41-35-46(32-34-53(41)59-56)58(44-28-23-38(24-29-44)40-25-33-55-50(36-40)49-19-9-12-22-54(49)60-55)45-30-26-43(27-31-45)57(42-15-5-2-6-16-42)51-20-10-7-17-47(51)48-18-8-11-21-52(48)57/h1-37H. The fourth-order valence-electron chi connectivity index (χ4n) is 9.64. The van der Waals surface area contributed by atoms with Crippen LogP contribution < -0.4 is 4.90 Å². The maximum Gasteiger partial charge on any atom is 0.135 e. The van der Waals surface area contributed by atoms with Crippen molar-refractivity contribution >= 4 is 50.0 Å². The number of furan rings is 2. The lowest BCUT2D eigenvalue weighted by atomic mass is 9.68. The predicted octanol–water partition coefficient (Wildman–Crippen LogP) is 15.5. The highest BCUT2D eigenvalue weighted by atomic mass is 16.3. The summed E-state index contributed by atoms with van der Waals surface area (Å²) < 4.78 is 12.5. The molecule has 12 rings (SSSR count). The third-order valence-electron chi connectivity index (χ3n) is 12.4. The Morgan fingerprint density at radius 1 is 0.333 bits per heavy atom. The molecule has 0 amide bonds. The zero-order chi connectivity index (χ0) is 39.6. The molecule has 0 radical (unpaired) electrons. The van der Waals surface area contributed by atoms with Gasteiger partial charge in [0.1, 0.15) is 22.5 Å². The number of nitrogens with zero attached hydrogens (tertiary/aromatic N) is 1. The fourth-order valence-corrected chi connectivity index (χ4v) is 9.64.